The van der Waals surface area contributed by atoms with Gasteiger partial charge < -0.3 is 15.1 Å². The molecule has 2 atom stereocenters. The monoisotopic (exact) mass is 393 g/mol. The molecule has 0 bridgehead atoms. The van der Waals surface area contributed by atoms with Gasteiger partial charge in [0.05, 0.1) is 11.8 Å². The van der Waals surface area contributed by atoms with E-state index in [4.69, 9.17) is 0 Å². The van der Waals surface area contributed by atoms with Gasteiger partial charge in [-0.3, -0.25) is 9.59 Å². The second-order valence-corrected chi connectivity index (χ2v) is 7.76. The van der Waals surface area contributed by atoms with E-state index in [0.29, 0.717) is 38.5 Å². The normalized spacial score (nSPS) is 21.0. The maximum atomic E-state index is 12.9. The highest BCUT2D eigenvalue weighted by Gasteiger charge is 2.49. The van der Waals surface area contributed by atoms with E-state index >= 15 is 0 Å². The van der Waals surface area contributed by atoms with Crippen LogP contribution in [-0.2, 0) is 16.0 Å². The Kier molecular flexibility index (Phi) is 5.47. The van der Waals surface area contributed by atoms with Crippen LogP contribution >= 0.6 is 0 Å². The Hall–Kier alpha value is -2.96. The molecular weight excluding hydrogens is 366 g/mol. The number of piperazine rings is 1. The molecule has 2 aliphatic rings. The summed E-state index contributed by atoms with van der Waals surface area (Å²) >= 11 is 0. The zero-order valence-corrected chi connectivity index (χ0v) is 17.0. The SMILES string of the molecule is CCc1cccc(C)c1NC(=O)C1CC1C(=O)N1CCN(c2ncccn2)CC1. The number of benzene rings is 1. The lowest BCUT2D eigenvalue weighted by Gasteiger charge is -2.34. The quantitative estimate of drug-likeness (QED) is 0.843. The molecule has 2 fully saturated rings. The molecule has 29 heavy (non-hydrogen) atoms. The van der Waals surface area contributed by atoms with Gasteiger partial charge in [0, 0.05) is 44.3 Å². The number of rotatable bonds is 5. The first-order chi connectivity index (χ1) is 14.1. The number of anilines is 2. The number of nitrogens with one attached hydrogen (secondary N) is 1. The Morgan fingerprint density at radius 2 is 1.79 bits per heavy atom. The van der Waals surface area contributed by atoms with Crippen LogP contribution in [0.5, 0.6) is 0 Å². The number of hydrogen-bond donors (Lipinski definition) is 1. The number of nitrogens with zero attached hydrogens (tertiary/aromatic N) is 4. The van der Waals surface area contributed by atoms with Gasteiger partial charge in [0.15, 0.2) is 0 Å². The van der Waals surface area contributed by atoms with Crippen LogP contribution in [0.1, 0.15) is 24.5 Å². The van der Waals surface area contributed by atoms with E-state index in [9.17, 15) is 9.59 Å². The summed E-state index contributed by atoms with van der Waals surface area (Å²) in [5, 5.41) is 3.07. The van der Waals surface area contributed by atoms with Crippen LogP contribution in [0.25, 0.3) is 0 Å². The van der Waals surface area contributed by atoms with Crippen molar-refractivity contribution in [1.82, 2.24) is 14.9 Å². The minimum atomic E-state index is -0.220. The molecule has 1 N–H and O–H groups in total. The predicted octanol–water partition coefficient (Wildman–Crippen LogP) is 2.27. The summed E-state index contributed by atoms with van der Waals surface area (Å²) in [4.78, 5) is 38.1. The van der Waals surface area contributed by atoms with E-state index in [1.54, 1.807) is 18.5 Å². The first-order valence-corrected chi connectivity index (χ1v) is 10.3. The summed E-state index contributed by atoms with van der Waals surface area (Å²) in [6.45, 7) is 6.78. The lowest BCUT2D eigenvalue weighted by molar-refractivity contribution is -0.134. The van der Waals surface area contributed by atoms with Gasteiger partial charge in [-0.15, -0.1) is 0 Å². The molecule has 1 saturated heterocycles. The third kappa shape index (κ3) is 4.09. The molecule has 7 heteroatoms. The average molecular weight is 393 g/mol. The van der Waals surface area contributed by atoms with Gasteiger partial charge in [-0.05, 0) is 37.0 Å². The Bertz CT molecular complexity index is 893. The molecule has 0 radical (unpaired) electrons. The summed E-state index contributed by atoms with van der Waals surface area (Å²) in [7, 11) is 0. The second-order valence-electron chi connectivity index (χ2n) is 7.76. The fourth-order valence-electron chi connectivity index (χ4n) is 3.99. The zero-order chi connectivity index (χ0) is 20.4. The number of hydrogen-bond acceptors (Lipinski definition) is 5. The van der Waals surface area contributed by atoms with E-state index in [1.807, 2.05) is 30.0 Å². The highest BCUT2D eigenvalue weighted by atomic mass is 16.2. The Morgan fingerprint density at radius 1 is 1.07 bits per heavy atom. The maximum absolute atomic E-state index is 12.9. The molecule has 2 amide bonds. The number of amides is 2. The number of carbonyl (C=O) groups is 2. The van der Waals surface area contributed by atoms with Crippen molar-refractivity contribution in [1.29, 1.82) is 0 Å². The van der Waals surface area contributed by atoms with Crippen molar-refractivity contribution in [2.45, 2.75) is 26.7 Å². The van der Waals surface area contributed by atoms with E-state index in [-0.39, 0.29) is 23.7 Å². The third-order valence-corrected chi connectivity index (χ3v) is 5.86. The van der Waals surface area contributed by atoms with Crippen LogP contribution in [0, 0.1) is 18.8 Å². The predicted molar refractivity (Wildman–Crippen MR) is 112 cm³/mol. The molecule has 4 rings (SSSR count). The Morgan fingerprint density at radius 3 is 2.48 bits per heavy atom. The Balaban J connectivity index is 1.31. The summed E-state index contributed by atoms with van der Waals surface area (Å²) in [6, 6.07) is 7.84. The van der Waals surface area contributed by atoms with Crippen LogP contribution in [0.15, 0.2) is 36.7 Å². The fraction of sp³-hybridized carbons (Fsp3) is 0.455. The zero-order valence-electron chi connectivity index (χ0n) is 17.0. The molecule has 1 aliphatic carbocycles. The Labute approximate surface area is 171 Å². The van der Waals surface area contributed by atoms with Gasteiger partial charge in [0.25, 0.3) is 0 Å². The molecular formula is C22H27N5O2. The summed E-state index contributed by atoms with van der Waals surface area (Å²) < 4.78 is 0. The molecule has 7 nitrogen and oxygen atoms in total. The average Bonchev–Trinajstić information content (AvgIpc) is 3.56. The first kappa shape index (κ1) is 19.4. The lowest BCUT2D eigenvalue weighted by Crippen LogP contribution is -2.50. The van der Waals surface area contributed by atoms with Crippen molar-refractivity contribution in [3.05, 3.63) is 47.8 Å². The largest absolute Gasteiger partial charge is 0.339 e. The van der Waals surface area contributed by atoms with Crippen molar-refractivity contribution >= 4 is 23.5 Å². The van der Waals surface area contributed by atoms with Gasteiger partial charge >= 0.3 is 0 Å². The van der Waals surface area contributed by atoms with Crippen molar-refractivity contribution in [3.63, 3.8) is 0 Å². The number of carbonyl (C=O) groups excluding carboxylic acids is 2. The van der Waals surface area contributed by atoms with Gasteiger partial charge in [-0.25, -0.2) is 9.97 Å². The van der Waals surface area contributed by atoms with Crippen molar-refractivity contribution in [2.24, 2.45) is 11.8 Å². The van der Waals surface area contributed by atoms with Crippen LogP contribution in [0.2, 0.25) is 0 Å². The molecule has 1 aliphatic heterocycles. The summed E-state index contributed by atoms with van der Waals surface area (Å²) in [6.07, 6.45) is 4.96. The summed E-state index contributed by atoms with van der Waals surface area (Å²) in [5.41, 5.74) is 3.08. The van der Waals surface area contributed by atoms with Crippen LogP contribution in [0.3, 0.4) is 0 Å². The minimum absolute atomic E-state index is 0.0383. The van der Waals surface area contributed by atoms with Gasteiger partial charge in [0.1, 0.15) is 0 Å². The molecule has 2 heterocycles. The molecule has 1 aromatic heterocycles. The third-order valence-electron chi connectivity index (χ3n) is 5.86. The minimum Gasteiger partial charge on any atom is -0.339 e. The first-order valence-electron chi connectivity index (χ1n) is 10.3. The number of para-hydroxylation sites is 1. The van der Waals surface area contributed by atoms with Crippen LogP contribution in [0.4, 0.5) is 11.6 Å². The van der Waals surface area contributed by atoms with Crippen LogP contribution < -0.4 is 10.2 Å². The topological polar surface area (TPSA) is 78.4 Å². The highest BCUT2D eigenvalue weighted by molar-refractivity contribution is 6.00. The van der Waals surface area contributed by atoms with E-state index in [2.05, 4.69) is 27.1 Å². The van der Waals surface area contributed by atoms with Crippen molar-refractivity contribution in [3.8, 4) is 0 Å². The van der Waals surface area contributed by atoms with Gasteiger partial charge in [-0.1, -0.05) is 25.1 Å². The lowest BCUT2D eigenvalue weighted by atomic mass is 10.1. The molecule has 152 valence electrons. The smallest absolute Gasteiger partial charge is 0.228 e. The molecule has 0 spiro atoms. The molecule has 2 aromatic rings. The molecule has 2 unspecified atom stereocenters. The second kappa shape index (κ2) is 8.19. The van der Waals surface area contributed by atoms with E-state index in [1.165, 1.54) is 0 Å². The number of aryl methyl sites for hydroxylation is 2. The maximum Gasteiger partial charge on any atom is 0.228 e. The van der Waals surface area contributed by atoms with Crippen molar-refractivity contribution in [2.75, 3.05) is 36.4 Å². The van der Waals surface area contributed by atoms with Crippen molar-refractivity contribution < 1.29 is 9.59 Å². The van der Waals surface area contributed by atoms with Crippen LogP contribution in [-0.4, -0.2) is 52.9 Å². The molecule has 1 saturated carbocycles. The summed E-state index contributed by atoms with van der Waals surface area (Å²) in [5.74, 6) is 0.349. The van der Waals surface area contributed by atoms with Gasteiger partial charge in [0.2, 0.25) is 17.8 Å². The van der Waals surface area contributed by atoms with E-state index in [0.717, 1.165) is 23.2 Å². The number of aromatic nitrogens is 2. The molecule has 1 aromatic carbocycles. The standard InChI is InChI=1S/C22H27N5O2/c1-3-16-7-4-6-15(2)19(16)25-20(28)17-14-18(17)21(29)26-10-12-27(13-11-26)22-23-8-5-9-24-22/h4-9,17-18H,3,10-14H2,1-2H3,(H,25,28). The van der Waals surface area contributed by atoms with E-state index < -0.39 is 0 Å². The van der Waals surface area contributed by atoms with Gasteiger partial charge in [-0.2, -0.15) is 0 Å². The fourth-order valence-corrected chi connectivity index (χ4v) is 3.99. The highest BCUT2D eigenvalue weighted by Crippen LogP contribution is 2.41.